The Morgan fingerprint density at radius 3 is 1.76 bits per heavy atom. The van der Waals surface area contributed by atoms with Crippen molar-refractivity contribution in [3.8, 4) is 33.4 Å². The van der Waals surface area contributed by atoms with Gasteiger partial charge in [0.15, 0.2) is 0 Å². The minimum Gasteiger partial charge on any atom is -0.350 e. The first-order valence-corrected chi connectivity index (χ1v) is 18.6. The maximum atomic E-state index is 5.27. The number of hydrogen-bond donors (Lipinski definition) is 2. The van der Waals surface area contributed by atoms with Crippen molar-refractivity contribution in [2.75, 3.05) is 0 Å². The molecule has 256 valence electrons. The highest BCUT2D eigenvalue weighted by molar-refractivity contribution is 6.16. The number of hydrogen-bond acceptors (Lipinski definition) is 3. The van der Waals surface area contributed by atoms with Crippen LogP contribution in [0.5, 0.6) is 0 Å². The molecule has 9 aromatic rings. The molecule has 3 nitrogen and oxygen atoms in total. The molecule has 0 saturated carbocycles. The van der Waals surface area contributed by atoms with E-state index in [-0.39, 0.29) is 12.3 Å². The maximum absolute atomic E-state index is 5.27. The van der Waals surface area contributed by atoms with E-state index in [1.165, 1.54) is 60.1 Å². The van der Waals surface area contributed by atoms with Crippen molar-refractivity contribution in [3.05, 3.63) is 217 Å². The second-order valence-corrected chi connectivity index (χ2v) is 14.0. The molecule has 10 rings (SSSR count). The summed E-state index contributed by atoms with van der Waals surface area (Å²) in [6.07, 6.45) is -0.390. The van der Waals surface area contributed by atoms with Crippen LogP contribution >= 0.6 is 0 Å². The van der Waals surface area contributed by atoms with Crippen LogP contribution in [0.3, 0.4) is 0 Å². The van der Waals surface area contributed by atoms with Gasteiger partial charge in [-0.2, -0.15) is 0 Å². The van der Waals surface area contributed by atoms with Gasteiger partial charge in [0.2, 0.25) is 0 Å². The van der Waals surface area contributed by atoms with Crippen LogP contribution in [0.2, 0.25) is 0 Å². The lowest BCUT2D eigenvalue weighted by molar-refractivity contribution is 0.409. The number of nitrogens with zero attached hydrogens (tertiary/aromatic N) is 1. The zero-order chi connectivity index (χ0) is 35.8. The second-order valence-electron chi connectivity index (χ2n) is 14.0. The lowest BCUT2D eigenvalue weighted by Crippen LogP contribution is -2.45. The van der Waals surface area contributed by atoms with E-state index in [0.29, 0.717) is 0 Å². The minimum atomic E-state index is -0.221. The van der Waals surface area contributed by atoms with Crippen molar-refractivity contribution in [1.82, 2.24) is 10.6 Å². The molecule has 1 aliphatic heterocycles. The molecule has 9 aromatic carbocycles. The quantitative estimate of drug-likeness (QED) is 0.170. The highest BCUT2D eigenvalue weighted by atomic mass is 15.3. The van der Waals surface area contributed by atoms with E-state index in [0.717, 1.165) is 28.1 Å². The molecular weight excluding hydrogens is 655 g/mol. The Balaban J connectivity index is 1.08. The maximum Gasteiger partial charge on any atom is 0.132 e. The molecule has 1 aliphatic rings. The summed E-state index contributed by atoms with van der Waals surface area (Å²) in [6, 6.07) is 71.9. The molecule has 3 heteroatoms. The molecule has 0 aromatic heterocycles. The molecule has 0 aliphatic carbocycles. The number of benzene rings is 9. The first-order valence-electron chi connectivity index (χ1n) is 18.6. The summed E-state index contributed by atoms with van der Waals surface area (Å²) in [6.45, 7) is 0. The molecule has 0 spiro atoms. The fourth-order valence-electron chi connectivity index (χ4n) is 8.16. The zero-order valence-electron chi connectivity index (χ0n) is 29.7. The minimum absolute atomic E-state index is 0.169. The summed E-state index contributed by atoms with van der Waals surface area (Å²) in [5.74, 6) is 0.871. The molecule has 2 N–H and O–H groups in total. The first kappa shape index (κ1) is 31.9. The van der Waals surface area contributed by atoms with Gasteiger partial charge in [-0.25, -0.2) is 4.99 Å². The SMILES string of the molecule is c1ccc(-c2ccccc2C2=NC(c3ccccc3)NC(c3ccc(-c4c(-c5cc6ccccc6c6ccccc56)ccc5ccccc45)cc3)N2)cc1. The lowest BCUT2D eigenvalue weighted by atomic mass is 9.86. The number of fused-ring (bicyclic) bond motifs is 4. The first-order chi connectivity index (χ1) is 26.8. The topological polar surface area (TPSA) is 36.4 Å². The highest BCUT2D eigenvalue weighted by Crippen LogP contribution is 2.43. The predicted molar refractivity (Wildman–Crippen MR) is 226 cm³/mol. The van der Waals surface area contributed by atoms with Crippen LogP contribution in [-0.4, -0.2) is 5.84 Å². The Labute approximate surface area is 315 Å². The summed E-state index contributed by atoms with van der Waals surface area (Å²) in [4.78, 5) is 5.27. The highest BCUT2D eigenvalue weighted by Gasteiger charge is 2.27. The summed E-state index contributed by atoms with van der Waals surface area (Å²) in [5.41, 5.74) is 10.6. The molecule has 0 amide bonds. The van der Waals surface area contributed by atoms with Gasteiger partial charge in [-0.3, -0.25) is 5.32 Å². The summed E-state index contributed by atoms with van der Waals surface area (Å²) in [7, 11) is 0. The molecule has 2 unspecified atom stereocenters. The monoisotopic (exact) mass is 691 g/mol. The van der Waals surface area contributed by atoms with Crippen molar-refractivity contribution >= 4 is 38.2 Å². The van der Waals surface area contributed by atoms with Crippen molar-refractivity contribution in [2.45, 2.75) is 12.3 Å². The van der Waals surface area contributed by atoms with Gasteiger partial charge in [0.1, 0.15) is 18.2 Å². The van der Waals surface area contributed by atoms with Crippen LogP contribution in [0.4, 0.5) is 0 Å². The Hall–Kier alpha value is -6.81. The van der Waals surface area contributed by atoms with E-state index in [9.17, 15) is 0 Å². The van der Waals surface area contributed by atoms with Crippen LogP contribution in [0.1, 0.15) is 29.0 Å². The number of aliphatic imine (C=N–C) groups is 1. The number of nitrogens with one attached hydrogen (secondary N) is 2. The Morgan fingerprint density at radius 2 is 0.981 bits per heavy atom. The predicted octanol–water partition coefficient (Wildman–Crippen LogP) is 12.5. The smallest absolute Gasteiger partial charge is 0.132 e. The van der Waals surface area contributed by atoms with Crippen LogP contribution in [0, 0.1) is 0 Å². The molecule has 2 atom stereocenters. The number of rotatable bonds is 6. The summed E-state index contributed by atoms with van der Waals surface area (Å²) in [5, 5.41) is 15.1. The Bertz CT molecular complexity index is 2820. The van der Waals surface area contributed by atoms with Crippen LogP contribution in [0.25, 0.3) is 65.7 Å². The molecule has 54 heavy (non-hydrogen) atoms. The third-order valence-electron chi connectivity index (χ3n) is 10.8. The van der Waals surface area contributed by atoms with E-state index in [1.54, 1.807) is 0 Å². The summed E-state index contributed by atoms with van der Waals surface area (Å²) < 4.78 is 0. The van der Waals surface area contributed by atoms with E-state index < -0.39 is 0 Å². The number of amidine groups is 1. The standard InChI is InChI=1S/C51H37N3/c1-3-15-34(16-4-1)40-21-11-14-26-46(40)51-53-49(37-18-5-2-6-19-37)52-50(54-51)38-29-27-36(28-30-38)48-42-23-10-7-17-35(42)31-32-45(48)47-33-39-20-8-9-22-41(39)43-24-12-13-25-44(43)47/h1-33,49-50,52H,(H,53,54). The van der Waals surface area contributed by atoms with Gasteiger partial charge in [-0.15, -0.1) is 0 Å². The third-order valence-corrected chi connectivity index (χ3v) is 10.8. The average Bonchev–Trinajstić information content (AvgIpc) is 3.26. The fraction of sp³-hybridized carbons (Fsp3) is 0.0392. The van der Waals surface area contributed by atoms with Crippen LogP contribution < -0.4 is 10.6 Å². The van der Waals surface area contributed by atoms with Gasteiger partial charge in [0, 0.05) is 5.56 Å². The van der Waals surface area contributed by atoms with E-state index >= 15 is 0 Å². The van der Waals surface area contributed by atoms with Gasteiger partial charge in [-0.1, -0.05) is 194 Å². The van der Waals surface area contributed by atoms with Crippen LogP contribution in [-0.2, 0) is 0 Å². The van der Waals surface area contributed by atoms with Crippen molar-refractivity contribution in [3.63, 3.8) is 0 Å². The molecule has 0 bridgehead atoms. The molecule has 1 heterocycles. The third kappa shape index (κ3) is 5.72. The molecular formula is C51H37N3. The van der Waals surface area contributed by atoms with Gasteiger partial charge in [0.05, 0.1) is 0 Å². The molecule has 0 saturated heterocycles. The van der Waals surface area contributed by atoms with Gasteiger partial charge >= 0.3 is 0 Å². The van der Waals surface area contributed by atoms with Gasteiger partial charge in [0.25, 0.3) is 0 Å². The zero-order valence-corrected chi connectivity index (χ0v) is 29.7. The molecule has 0 fully saturated rings. The average molecular weight is 692 g/mol. The lowest BCUT2D eigenvalue weighted by Gasteiger charge is -2.33. The van der Waals surface area contributed by atoms with Crippen molar-refractivity contribution < 1.29 is 0 Å². The van der Waals surface area contributed by atoms with Gasteiger partial charge in [-0.05, 0) is 82.9 Å². The van der Waals surface area contributed by atoms with Gasteiger partial charge < -0.3 is 5.32 Å². The largest absolute Gasteiger partial charge is 0.350 e. The van der Waals surface area contributed by atoms with Crippen molar-refractivity contribution in [1.29, 1.82) is 0 Å². The van der Waals surface area contributed by atoms with Crippen LogP contribution in [0.15, 0.2) is 205 Å². The van der Waals surface area contributed by atoms with E-state index in [4.69, 9.17) is 4.99 Å². The second kappa shape index (κ2) is 13.6. The Kier molecular flexibility index (Phi) is 8.05. The normalized spacial score (nSPS) is 15.6. The van der Waals surface area contributed by atoms with E-state index in [1.807, 2.05) is 0 Å². The summed E-state index contributed by atoms with van der Waals surface area (Å²) >= 11 is 0. The van der Waals surface area contributed by atoms with E-state index in [2.05, 4.69) is 211 Å². The fourth-order valence-corrected chi connectivity index (χ4v) is 8.16. The van der Waals surface area contributed by atoms with Crippen molar-refractivity contribution in [2.24, 2.45) is 4.99 Å². The molecule has 0 radical (unpaired) electrons. The Morgan fingerprint density at radius 1 is 0.370 bits per heavy atom.